The smallest absolute Gasteiger partial charge is 1.00 e. The Kier molecular flexibility index (Phi) is 12.5. The number of aromatic nitrogens is 1. The number of aromatic amines is 1. The van der Waals surface area contributed by atoms with E-state index >= 15 is 0 Å². The number of thioether (sulfide) groups is 1. The fourth-order valence-corrected chi connectivity index (χ4v) is 8.96. The number of carbonyl (C=O) groups excluding carboxylic acids is 3. The number of aromatic hydroxyl groups is 1. The maximum atomic E-state index is 13.6. The van der Waals surface area contributed by atoms with Crippen molar-refractivity contribution in [3.8, 4) is 17.0 Å². The maximum absolute atomic E-state index is 13.6. The number of carboxylic acid groups (broad SMARTS) is 1. The van der Waals surface area contributed by atoms with Crippen LogP contribution in [0.15, 0.2) is 70.4 Å². The van der Waals surface area contributed by atoms with Crippen molar-refractivity contribution in [2.45, 2.75) is 47.0 Å². The molecule has 1 aromatic heterocycles. The largest absolute Gasteiger partial charge is 1.00 e. The molecule has 19 heteroatoms. The van der Waals surface area contributed by atoms with Crippen molar-refractivity contribution in [2.24, 2.45) is 0 Å². The van der Waals surface area contributed by atoms with Crippen molar-refractivity contribution in [1.82, 2.24) is 24.8 Å². The fraction of sp³-hybridized carbons (Fsp3) is 0.344. The predicted molar refractivity (Wildman–Crippen MR) is 181 cm³/mol. The molecule has 3 aromatic rings. The first kappa shape index (κ1) is 40.0. The van der Waals surface area contributed by atoms with Crippen LogP contribution in [-0.4, -0.2) is 115 Å². The Bertz CT molecular complexity index is 1980. The van der Waals surface area contributed by atoms with E-state index in [0.29, 0.717) is 5.56 Å². The quantitative estimate of drug-likeness (QED) is 0.0680. The molecule has 0 radical (unpaired) electrons. The third kappa shape index (κ3) is 8.02. The number of pyridine rings is 1. The van der Waals surface area contributed by atoms with Crippen LogP contribution in [0.1, 0.15) is 37.2 Å². The molecule has 5 rings (SSSR count). The number of hydrogen-bond donors (Lipinski definition) is 7. The van der Waals surface area contributed by atoms with E-state index in [4.69, 9.17) is 0 Å². The molecule has 0 bridgehead atoms. The number of carboxylic acids is 1. The van der Waals surface area contributed by atoms with Crippen molar-refractivity contribution in [1.29, 1.82) is 0 Å². The van der Waals surface area contributed by atoms with E-state index in [2.05, 4.69) is 15.6 Å². The molecule has 2 aromatic carbocycles. The van der Waals surface area contributed by atoms with Gasteiger partial charge >= 0.3 is 35.5 Å². The van der Waals surface area contributed by atoms with Gasteiger partial charge in [0.05, 0.1) is 18.1 Å². The van der Waals surface area contributed by atoms with Gasteiger partial charge in [-0.25, -0.2) is 13.2 Å². The third-order valence-electron chi connectivity index (χ3n) is 8.39. The summed E-state index contributed by atoms with van der Waals surface area (Å²) in [5.74, 6) is -3.62. The summed E-state index contributed by atoms with van der Waals surface area (Å²) in [6.45, 7) is 2.09. The summed E-state index contributed by atoms with van der Waals surface area (Å²) >= 11 is 1.23. The van der Waals surface area contributed by atoms with Gasteiger partial charge in [0.1, 0.15) is 34.8 Å². The minimum absolute atomic E-state index is 0. The zero-order valence-electron chi connectivity index (χ0n) is 28.8. The summed E-state index contributed by atoms with van der Waals surface area (Å²) in [6.07, 6.45) is 0. The van der Waals surface area contributed by atoms with Gasteiger partial charge in [0.15, 0.2) is 0 Å². The van der Waals surface area contributed by atoms with Gasteiger partial charge in [-0.3, -0.25) is 19.2 Å². The molecule has 0 aliphatic carbocycles. The van der Waals surface area contributed by atoms with Crippen molar-refractivity contribution < 1.29 is 79.0 Å². The first-order valence-corrected chi connectivity index (χ1v) is 17.6. The van der Waals surface area contributed by atoms with Crippen molar-refractivity contribution in [2.75, 3.05) is 26.3 Å². The Morgan fingerprint density at radius 1 is 1.00 bits per heavy atom. The number of fused-ring (bicyclic) bond motifs is 1. The first-order valence-electron chi connectivity index (χ1n) is 15.3. The Hall–Kier alpha value is -3.75. The van der Waals surface area contributed by atoms with Crippen LogP contribution in [0.4, 0.5) is 0 Å². The fourth-order valence-electron chi connectivity index (χ4n) is 5.91. The number of nitrogens with zero attached hydrogens (tertiary/aromatic N) is 2. The molecule has 4 atom stereocenters. The van der Waals surface area contributed by atoms with Gasteiger partial charge in [-0.2, -0.15) is 4.31 Å². The average Bonchev–Trinajstić information content (AvgIpc) is 3.33. The number of benzene rings is 2. The number of hydrogen-bond acceptors (Lipinski definition) is 11. The number of amides is 3. The minimum Gasteiger partial charge on any atom is -1.00 e. The summed E-state index contributed by atoms with van der Waals surface area (Å²) in [6, 6.07) is 9.86. The molecule has 51 heavy (non-hydrogen) atoms. The molecule has 7 N–H and O–H groups in total. The topological polar surface area (TPSA) is 247 Å². The third-order valence-corrected chi connectivity index (χ3v) is 11.9. The molecule has 3 amide bonds. The van der Waals surface area contributed by atoms with Crippen molar-refractivity contribution in [3.63, 3.8) is 0 Å². The van der Waals surface area contributed by atoms with Crippen LogP contribution in [0.3, 0.4) is 0 Å². The standard InChI is InChI=1S/C32H35N5O11S2.Na.H/c1-32(2)25(31(45)46)37-29(44)24(30(37)49-32)35-28(43)23(18-3-7-19(40)8-4-18)34-27(42)21-11-12-22(33-26(21)41)17-5-9-20(10-6-17)50(47,48)36(13-15-38)14-16-39;;/h3-12,23-25,30,38-40H,13-16H2,1-2H3,(H,33,41)(H,34,42)(H,35,43)(H,45,46);;/q;+1;-1/t23-,24-,25+,30-;;/m1../s1. The minimum atomic E-state index is -4.02. The summed E-state index contributed by atoms with van der Waals surface area (Å²) < 4.78 is 25.9. The molecule has 0 spiro atoms. The van der Waals surface area contributed by atoms with E-state index in [-0.39, 0.29) is 71.5 Å². The van der Waals surface area contributed by atoms with Crippen LogP contribution < -0.4 is 45.8 Å². The number of aliphatic hydroxyl groups is 2. The van der Waals surface area contributed by atoms with Crippen LogP contribution in [0, 0.1) is 0 Å². The molecule has 0 unspecified atom stereocenters. The number of phenols is 1. The van der Waals surface area contributed by atoms with Crippen LogP contribution >= 0.6 is 11.8 Å². The molecule has 0 saturated carbocycles. The van der Waals surface area contributed by atoms with E-state index < -0.39 is 80.7 Å². The van der Waals surface area contributed by atoms with Gasteiger partial charge in [-0.1, -0.05) is 24.3 Å². The van der Waals surface area contributed by atoms with Gasteiger partial charge < -0.3 is 42.4 Å². The first-order chi connectivity index (χ1) is 23.6. The van der Waals surface area contributed by atoms with E-state index in [0.717, 1.165) is 4.31 Å². The van der Waals surface area contributed by atoms with Crippen LogP contribution in [-0.2, 0) is 24.4 Å². The van der Waals surface area contributed by atoms with Gasteiger partial charge in [0.25, 0.3) is 11.5 Å². The van der Waals surface area contributed by atoms with E-state index in [9.17, 15) is 52.8 Å². The summed E-state index contributed by atoms with van der Waals surface area (Å²) in [7, 11) is -4.02. The molecule has 268 valence electrons. The number of aliphatic hydroxyl groups excluding tert-OH is 2. The van der Waals surface area contributed by atoms with E-state index in [1.165, 1.54) is 77.3 Å². The number of aliphatic carboxylic acids is 1. The van der Waals surface area contributed by atoms with Crippen molar-refractivity contribution >= 4 is 45.5 Å². The molecule has 2 fully saturated rings. The summed E-state index contributed by atoms with van der Waals surface area (Å²) in [5.41, 5.74) is -0.318. The molecule has 16 nitrogen and oxygen atoms in total. The summed E-state index contributed by atoms with van der Waals surface area (Å²) in [4.78, 5) is 68.6. The Morgan fingerprint density at radius 3 is 2.16 bits per heavy atom. The maximum Gasteiger partial charge on any atom is 1.00 e. The average molecular weight is 754 g/mol. The van der Waals surface area contributed by atoms with E-state index in [1.54, 1.807) is 13.8 Å². The SMILES string of the molecule is CC1(C)S[C@@H]2[C@H](NC(=O)[C@H](NC(=O)c3ccc(-c4ccc(S(=O)(=O)N(CCO)CCO)cc4)[nH]c3=O)c3ccc(O)cc3)C(=O)N2[C@H]1C(=O)O.[H-].[Na+]. The Balaban J connectivity index is 0.00000364. The second-order valence-electron chi connectivity index (χ2n) is 12.1. The Morgan fingerprint density at radius 2 is 1.61 bits per heavy atom. The number of nitrogens with one attached hydrogen (secondary N) is 3. The Labute approximate surface area is 320 Å². The van der Waals surface area contributed by atoms with Crippen molar-refractivity contribution in [3.05, 3.63) is 82.1 Å². The van der Waals surface area contributed by atoms with Gasteiger partial charge in [-0.15, -0.1) is 11.8 Å². The van der Waals surface area contributed by atoms with Gasteiger partial charge in [0.2, 0.25) is 21.8 Å². The molecule has 2 aliphatic heterocycles. The number of phenolic OH excluding ortho intramolecular Hbond substituents is 1. The van der Waals surface area contributed by atoms with E-state index in [1.807, 2.05) is 0 Å². The normalized spacial score (nSPS) is 19.7. The number of sulfonamides is 1. The second kappa shape index (κ2) is 15.9. The van der Waals surface area contributed by atoms with Crippen LogP contribution in [0.2, 0.25) is 0 Å². The molecule has 2 aliphatic rings. The molecule has 3 heterocycles. The molecular formula is C32H36N5NaO11S2. The summed E-state index contributed by atoms with van der Waals surface area (Å²) in [5, 5.41) is 42.4. The van der Waals surface area contributed by atoms with Gasteiger partial charge in [0, 0.05) is 23.5 Å². The monoisotopic (exact) mass is 753 g/mol. The number of carbonyl (C=O) groups is 4. The number of rotatable bonds is 13. The molecular weight excluding hydrogens is 718 g/mol. The van der Waals surface area contributed by atoms with Crippen LogP contribution in [0.5, 0.6) is 5.75 Å². The number of H-pyrrole nitrogens is 1. The zero-order valence-corrected chi connectivity index (χ0v) is 31.4. The second-order valence-corrected chi connectivity index (χ2v) is 15.8. The van der Waals surface area contributed by atoms with Gasteiger partial charge in [-0.05, 0) is 61.4 Å². The predicted octanol–water partition coefficient (Wildman–Crippen LogP) is -3.06. The number of β-lactam (4-membered cyclic amide) rings is 1. The molecule has 2 saturated heterocycles. The van der Waals surface area contributed by atoms with Crippen LogP contribution in [0.25, 0.3) is 11.3 Å². The zero-order chi connectivity index (χ0) is 36.5.